The molecule has 1 aromatic heterocycles. The van der Waals surface area contributed by atoms with Crippen LogP contribution in [-0.2, 0) is 0 Å². The van der Waals surface area contributed by atoms with E-state index in [1.165, 1.54) is 0 Å². The second kappa shape index (κ2) is 10.1. The number of halogens is 2. The summed E-state index contributed by atoms with van der Waals surface area (Å²) in [6.07, 6.45) is 0. The van der Waals surface area contributed by atoms with Crippen LogP contribution in [-0.4, -0.2) is 28.6 Å². The maximum Gasteiger partial charge on any atom is 0.179 e. The second-order valence-electron chi connectivity index (χ2n) is 9.76. The van der Waals surface area contributed by atoms with Gasteiger partial charge >= 0.3 is 0 Å². The predicted molar refractivity (Wildman–Crippen MR) is 166 cm³/mol. The summed E-state index contributed by atoms with van der Waals surface area (Å²) < 4.78 is 7.25. The zero-order chi connectivity index (χ0) is 28.1. The van der Waals surface area contributed by atoms with E-state index < -0.39 is 0 Å². The SMILES string of the molecule is COc1ccc(NC2=Nc3ccccc3N3C2=Nc2c(c(C)nn2-c2ccccc2)[C@@H]3c2cccc(Cl)c2)cc1Cl. The van der Waals surface area contributed by atoms with Crippen molar-refractivity contribution in [1.29, 1.82) is 0 Å². The van der Waals surface area contributed by atoms with E-state index in [0.717, 1.165) is 45.4 Å². The quantitative estimate of drug-likeness (QED) is 0.233. The topological polar surface area (TPSA) is 67.0 Å². The number of methoxy groups -OCH3 is 1. The number of fused-ring (bicyclic) bond motifs is 4. The monoisotopic (exact) mass is 578 g/mol. The van der Waals surface area contributed by atoms with Gasteiger partial charge in [-0.2, -0.15) is 5.10 Å². The Labute approximate surface area is 247 Å². The molecule has 1 N–H and O–H groups in total. The van der Waals surface area contributed by atoms with Crippen molar-refractivity contribution in [3.8, 4) is 11.4 Å². The molecule has 0 saturated heterocycles. The van der Waals surface area contributed by atoms with Crippen molar-refractivity contribution < 1.29 is 4.74 Å². The number of hydrogen-bond donors (Lipinski definition) is 1. The van der Waals surface area contributed by atoms with Gasteiger partial charge in [-0.3, -0.25) is 0 Å². The maximum atomic E-state index is 6.55. The van der Waals surface area contributed by atoms with Crippen LogP contribution in [0.2, 0.25) is 10.0 Å². The van der Waals surface area contributed by atoms with Gasteiger partial charge in [0.2, 0.25) is 0 Å². The fraction of sp³-hybridized carbons (Fsp3) is 0.0938. The normalized spacial score (nSPS) is 15.3. The lowest BCUT2D eigenvalue weighted by Gasteiger charge is -2.40. The van der Waals surface area contributed by atoms with Gasteiger partial charge in [-0.05, 0) is 67.1 Å². The molecule has 9 heteroatoms. The first kappa shape index (κ1) is 25.4. The number of rotatable bonds is 4. The molecule has 7 rings (SSSR count). The molecule has 3 heterocycles. The highest BCUT2D eigenvalue weighted by atomic mass is 35.5. The van der Waals surface area contributed by atoms with Crippen molar-refractivity contribution in [2.24, 2.45) is 9.98 Å². The molecule has 0 saturated carbocycles. The summed E-state index contributed by atoms with van der Waals surface area (Å²) in [6.45, 7) is 2.03. The second-order valence-corrected chi connectivity index (χ2v) is 10.6. The van der Waals surface area contributed by atoms with Crippen molar-refractivity contribution in [1.82, 2.24) is 9.78 Å². The van der Waals surface area contributed by atoms with Crippen LogP contribution in [0.15, 0.2) is 107 Å². The lowest BCUT2D eigenvalue weighted by atomic mass is 9.93. The molecule has 0 bridgehead atoms. The first-order valence-electron chi connectivity index (χ1n) is 13.1. The lowest BCUT2D eigenvalue weighted by molar-refractivity contribution is 0.415. The third-order valence-electron chi connectivity index (χ3n) is 7.22. The molecule has 5 aromatic rings. The summed E-state index contributed by atoms with van der Waals surface area (Å²) in [4.78, 5) is 12.5. The van der Waals surface area contributed by atoms with Gasteiger partial charge in [0, 0.05) is 16.3 Å². The minimum absolute atomic E-state index is 0.262. The number of hydrogen-bond acceptors (Lipinski definition) is 6. The highest BCUT2D eigenvalue weighted by molar-refractivity contribution is 6.51. The summed E-state index contributed by atoms with van der Waals surface area (Å²) in [6, 6.07) is 31.3. The van der Waals surface area contributed by atoms with E-state index in [0.29, 0.717) is 27.5 Å². The summed E-state index contributed by atoms with van der Waals surface area (Å²) in [5, 5.41) is 9.60. The Morgan fingerprint density at radius 2 is 1.66 bits per heavy atom. The zero-order valence-electron chi connectivity index (χ0n) is 22.2. The number of para-hydroxylation sites is 3. The smallest absolute Gasteiger partial charge is 0.179 e. The van der Waals surface area contributed by atoms with Gasteiger partial charge in [0.15, 0.2) is 17.5 Å². The molecule has 2 aliphatic rings. The van der Waals surface area contributed by atoms with Gasteiger partial charge in [-0.1, -0.05) is 65.7 Å². The highest BCUT2D eigenvalue weighted by Gasteiger charge is 2.41. The number of anilines is 2. The third-order valence-corrected chi connectivity index (χ3v) is 7.75. The van der Waals surface area contributed by atoms with Crippen LogP contribution in [0, 0.1) is 6.92 Å². The number of aliphatic imine (C=N–C) groups is 2. The van der Waals surface area contributed by atoms with Crippen LogP contribution in [0.3, 0.4) is 0 Å². The summed E-state index contributed by atoms with van der Waals surface area (Å²) in [5.74, 6) is 2.58. The van der Waals surface area contributed by atoms with Crippen molar-refractivity contribution in [3.05, 3.63) is 124 Å². The molecule has 0 unspecified atom stereocenters. The van der Waals surface area contributed by atoms with Crippen LogP contribution in [0.5, 0.6) is 5.75 Å². The largest absolute Gasteiger partial charge is 0.495 e. The van der Waals surface area contributed by atoms with Crippen LogP contribution in [0.25, 0.3) is 5.69 Å². The molecule has 7 nitrogen and oxygen atoms in total. The average Bonchev–Trinajstić information content (AvgIpc) is 3.32. The van der Waals surface area contributed by atoms with Gasteiger partial charge in [0.1, 0.15) is 5.75 Å². The average molecular weight is 579 g/mol. The zero-order valence-corrected chi connectivity index (χ0v) is 23.7. The molecular formula is C32H24Cl2N6O. The molecule has 41 heavy (non-hydrogen) atoms. The Kier molecular flexibility index (Phi) is 6.26. The van der Waals surface area contributed by atoms with Gasteiger partial charge < -0.3 is 15.0 Å². The summed E-state index contributed by atoms with van der Waals surface area (Å²) >= 11 is 13.0. The van der Waals surface area contributed by atoms with E-state index >= 15 is 0 Å². The molecule has 0 spiro atoms. The van der Waals surface area contributed by atoms with Crippen molar-refractivity contribution in [2.45, 2.75) is 13.0 Å². The minimum Gasteiger partial charge on any atom is -0.495 e. The first-order valence-corrected chi connectivity index (χ1v) is 13.8. The van der Waals surface area contributed by atoms with Crippen LogP contribution in [0.1, 0.15) is 22.9 Å². The summed E-state index contributed by atoms with van der Waals surface area (Å²) in [5.41, 5.74) is 6.34. The number of ether oxygens (including phenoxy) is 1. The van der Waals surface area contributed by atoms with Crippen molar-refractivity contribution in [2.75, 3.05) is 17.3 Å². The Morgan fingerprint density at radius 3 is 2.44 bits per heavy atom. The molecule has 1 atom stereocenters. The fourth-order valence-corrected chi connectivity index (χ4v) is 5.88. The molecule has 0 aliphatic carbocycles. The molecule has 2 aliphatic heterocycles. The third kappa shape index (κ3) is 4.34. The van der Waals surface area contributed by atoms with E-state index in [2.05, 4.69) is 22.3 Å². The molecule has 202 valence electrons. The Bertz CT molecular complexity index is 1860. The number of nitrogens with one attached hydrogen (secondary N) is 1. The van der Waals surface area contributed by atoms with E-state index in [1.807, 2.05) is 96.5 Å². The van der Waals surface area contributed by atoms with E-state index in [1.54, 1.807) is 7.11 Å². The molecule has 0 fully saturated rings. The van der Waals surface area contributed by atoms with E-state index in [-0.39, 0.29) is 6.04 Å². The minimum atomic E-state index is -0.262. The molecular weight excluding hydrogens is 555 g/mol. The Morgan fingerprint density at radius 1 is 0.854 bits per heavy atom. The number of aryl methyl sites for hydroxylation is 1. The summed E-state index contributed by atoms with van der Waals surface area (Å²) in [7, 11) is 1.59. The molecule has 4 aromatic carbocycles. The number of amidine groups is 2. The first-order chi connectivity index (χ1) is 20.0. The van der Waals surface area contributed by atoms with E-state index in [4.69, 9.17) is 43.0 Å². The fourth-order valence-electron chi connectivity index (χ4n) is 5.42. The van der Waals surface area contributed by atoms with Crippen LogP contribution >= 0.6 is 23.2 Å². The van der Waals surface area contributed by atoms with Crippen LogP contribution in [0.4, 0.5) is 22.9 Å². The van der Waals surface area contributed by atoms with Crippen molar-refractivity contribution in [3.63, 3.8) is 0 Å². The Hall–Kier alpha value is -4.59. The van der Waals surface area contributed by atoms with Gasteiger partial charge in [-0.25, -0.2) is 14.7 Å². The van der Waals surface area contributed by atoms with Crippen LogP contribution < -0.4 is 15.0 Å². The number of benzene rings is 4. The number of nitrogens with zero attached hydrogens (tertiary/aromatic N) is 5. The predicted octanol–water partition coefficient (Wildman–Crippen LogP) is 8.29. The molecule has 0 radical (unpaired) electrons. The molecule has 0 amide bonds. The lowest BCUT2D eigenvalue weighted by Crippen LogP contribution is -2.46. The van der Waals surface area contributed by atoms with Gasteiger partial charge in [0.25, 0.3) is 0 Å². The van der Waals surface area contributed by atoms with Crippen molar-refractivity contribution >= 4 is 57.8 Å². The number of aromatic nitrogens is 2. The highest BCUT2D eigenvalue weighted by Crippen LogP contribution is 2.48. The van der Waals surface area contributed by atoms with Gasteiger partial charge in [0.05, 0.1) is 40.9 Å². The maximum absolute atomic E-state index is 6.55. The standard InChI is InChI=1S/C32H24Cl2N6O/c1-19-28-29(20-9-8-10-21(33)17-20)39-26-14-7-6-13-25(26)36-30(35-22-15-16-27(41-2)24(34)18-22)32(39)37-31(28)40(38-19)23-11-4-3-5-12-23/h3-18,29H,1-2H3,(H,35,36)/t29-/m0/s1. The Balaban J connectivity index is 1.48. The van der Waals surface area contributed by atoms with E-state index in [9.17, 15) is 0 Å². The van der Waals surface area contributed by atoms with Gasteiger partial charge in [-0.15, -0.1) is 0 Å².